The number of carbonyl (C=O) groups excluding carboxylic acids is 2. The number of rotatable bonds is 7. The number of amides is 2. The average Bonchev–Trinajstić information content (AvgIpc) is 2.26. The van der Waals surface area contributed by atoms with E-state index in [0.717, 1.165) is 10.5 Å². The van der Waals surface area contributed by atoms with Crippen molar-refractivity contribution in [3.63, 3.8) is 0 Å². The van der Waals surface area contributed by atoms with E-state index in [0.29, 0.717) is 5.69 Å². The summed E-state index contributed by atoms with van der Waals surface area (Å²) in [5.74, 6) is -2.22. The fraction of sp³-hybridized carbons (Fsp3) is 0.308. The second-order valence-electron chi connectivity index (χ2n) is 4.42. The second-order valence-corrected chi connectivity index (χ2v) is 4.42. The predicted octanol–water partition coefficient (Wildman–Crippen LogP) is -0.195. The number of carboxylic acid groups (broad SMARTS) is 1. The zero-order valence-corrected chi connectivity index (χ0v) is 11.1. The highest BCUT2D eigenvalue weighted by Crippen LogP contribution is 2.09. The first-order valence-corrected chi connectivity index (χ1v) is 5.96. The fourth-order valence-corrected chi connectivity index (χ4v) is 1.71. The molecule has 4 N–H and O–H groups in total. The summed E-state index contributed by atoms with van der Waals surface area (Å²) in [6.07, 6.45) is 0. The lowest BCUT2D eigenvalue weighted by Crippen LogP contribution is -2.41. The fourth-order valence-electron chi connectivity index (χ4n) is 1.71. The number of carboxylic acids is 1. The summed E-state index contributed by atoms with van der Waals surface area (Å²) in [6, 6.07) is 7.19. The lowest BCUT2D eigenvalue weighted by atomic mass is 10.2. The Kier molecular flexibility index (Phi) is 5.67. The van der Waals surface area contributed by atoms with Crippen LogP contribution in [0, 0.1) is 6.92 Å². The minimum Gasteiger partial charge on any atom is -0.480 e. The zero-order chi connectivity index (χ0) is 15.1. The predicted molar refractivity (Wildman–Crippen MR) is 73.1 cm³/mol. The van der Waals surface area contributed by atoms with Crippen LogP contribution in [0.2, 0.25) is 0 Å². The summed E-state index contributed by atoms with van der Waals surface area (Å²) in [5.41, 5.74) is 6.62. The number of hydrogen-bond acceptors (Lipinski definition) is 4. The highest BCUT2D eigenvalue weighted by atomic mass is 16.4. The van der Waals surface area contributed by atoms with Crippen LogP contribution in [-0.2, 0) is 14.4 Å². The van der Waals surface area contributed by atoms with Gasteiger partial charge >= 0.3 is 5.97 Å². The molecule has 0 aliphatic carbocycles. The summed E-state index contributed by atoms with van der Waals surface area (Å²) in [4.78, 5) is 34.4. The molecule has 0 aliphatic rings. The molecule has 0 aliphatic heterocycles. The highest BCUT2D eigenvalue weighted by Gasteiger charge is 2.16. The maximum absolute atomic E-state index is 11.8. The van der Waals surface area contributed by atoms with Gasteiger partial charge in [-0.1, -0.05) is 12.1 Å². The number of nitrogens with zero attached hydrogens (tertiary/aromatic N) is 1. The molecule has 0 saturated carbocycles. The highest BCUT2D eigenvalue weighted by molar-refractivity contribution is 5.93. The van der Waals surface area contributed by atoms with Gasteiger partial charge in [0.05, 0.1) is 19.6 Å². The molecule has 0 spiro atoms. The van der Waals surface area contributed by atoms with E-state index in [2.05, 4.69) is 5.32 Å². The molecular formula is C13H17N3O4. The van der Waals surface area contributed by atoms with Gasteiger partial charge in [0.15, 0.2) is 0 Å². The topological polar surface area (TPSA) is 113 Å². The smallest absolute Gasteiger partial charge is 0.317 e. The largest absolute Gasteiger partial charge is 0.480 e. The Morgan fingerprint density at radius 3 is 2.50 bits per heavy atom. The molecule has 1 rings (SSSR count). The van der Waals surface area contributed by atoms with Crippen LogP contribution < -0.4 is 11.1 Å². The molecule has 0 saturated heterocycles. The maximum Gasteiger partial charge on any atom is 0.317 e. The number of primary amides is 1. The molecule has 0 heterocycles. The van der Waals surface area contributed by atoms with Crippen LogP contribution in [0.5, 0.6) is 0 Å². The third kappa shape index (κ3) is 5.96. The lowest BCUT2D eigenvalue weighted by Gasteiger charge is -2.17. The second kappa shape index (κ2) is 7.25. The SMILES string of the molecule is Cc1cccc(NC(=O)CN(CC(N)=O)CC(=O)O)c1. The van der Waals surface area contributed by atoms with E-state index in [1.807, 2.05) is 13.0 Å². The molecule has 108 valence electrons. The van der Waals surface area contributed by atoms with Crippen molar-refractivity contribution >= 4 is 23.5 Å². The van der Waals surface area contributed by atoms with Crippen LogP contribution in [-0.4, -0.2) is 47.4 Å². The van der Waals surface area contributed by atoms with Crippen LogP contribution in [0.25, 0.3) is 0 Å². The first-order chi connectivity index (χ1) is 9.36. The Labute approximate surface area is 116 Å². The van der Waals surface area contributed by atoms with Crippen LogP contribution in [0.3, 0.4) is 0 Å². The third-order valence-electron chi connectivity index (χ3n) is 2.41. The molecule has 1 aromatic rings. The summed E-state index contributed by atoms with van der Waals surface area (Å²) in [7, 11) is 0. The minimum atomic E-state index is -1.13. The van der Waals surface area contributed by atoms with E-state index in [9.17, 15) is 14.4 Å². The Bertz CT molecular complexity index is 500. The van der Waals surface area contributed by atoms with E-state index in [1.54, 1.807) is 18.2 Å². The van der Waals surface area contributed by atoms with Gasteiger partial charge < -0.3 is 16.2 Å². The Hall–Kier alpha value is -2.41. The molecule has 7 heteroatoms. The quantitative estimate of drug-likeness (QED) is 0.640. The summed E-state index contributed by atoms with van der Waals surface area (Å²) in [6.45, 7) is 0.959. The summed E-state index contributed by atoms with van der Waals surface area (Å²) < 4.78 is 0. The first kappa shape index (κ1) is 15.6. The number of carbonyl (C=O) groups is 3. The van der Waals surface area contributed by atoms with Crippen LogP contribution >= 0.6 is 0 Å². The van der Waals surface area contributed by atoms with Gasteiger partial charge in [-0.3, -0.25) is 19.3 Å². The Morgan fingerprint density at radius 2 is 1.95 bits per heavy atom. The molecule has 0 aromatic heterocycles. The van der Waals surface area contributed by atoms with Gasteiger partial charge in [0.2, 0.25) is 11.8 Å². The summed E-state index contributed by atoms with van der Waals surface area (Å²) >= 11 is 0. The van der Waals surface area contributed by atoms with Crippen molar-refractivity contribution in [1.82, 2.24) is 4.90 Å². The molecule has 0 bridgehead atoms. The van der Waals surface area contributed by atoms with Gasteiger partial charge in [-0.25, -0.2) is 0 Å². The molecular weight excluding hydrogens is 262 g/mol. The van der Waals surface area contributed by atoms with Gasteiger partial charge in [-0.15, -0.1) is 0 Å². The number of nitrogens with one attached hydrogen (secondary N) is 1. The number of anilines is 1. The van der Waals surface area contributed by atoms with Crippen molar-refractivity contribution in [3.05, 3.63) is 29.8 Å². The molecule has 0 radical (unpaired) electrons. The van der Waals surface area contributed by atoms with E-state index >= 15 is 0 Å². The van der Waals surface area contributed by atoms with E-state index in [1.165, 1.54) is 0 Å². The zero-order valence-electron chi connectivity index (χ0n) is 11.1. The number of hydrogen-bond donors (Lipinski definition) is 3. The van der Waals surface area contributed by atoms with Crippen LogP contribution in [0.1, 0.15) is 5.56 Å². The number of nitrogens with two attached hydrogens (primary N) is 1. The van der Waals surface area contributed by atoms with Gasteiger partial charge in [-0.2, -0.15) is 0 Å². The summed E-state index contributed by atoms with van der Waals surface area (Å²) in [5, 5.41) is 11.3. The van der Waals surface area contributed by atoms with E-state index in [-0.39, 0.29) is 13.1 Å². The lowest BCUT2D eigenvalue weighted by molar-refractivity contribution is -0.138. The first-order valence-electron chi connectivity index (χ1n) is 5.96. The third-order valence-corrected chi connectivity index (χ3v) is 2.41. The molecule has 0 atom stereocenters. The van der Waals surface area contributed by atoms with E-state index in [4.69, 9.17) is 10.8 Å². The number of aryl methyl sites for hydroxylation is 1. The molecule has 20 heavy (non-hydrogen) atoms. The molecule has 1 aromatic carbocycles. The van der Waals surface area contributed by atoms with Gasteiger partial charge in [0, 0.05) is 5.69 Å². The molecule has 0 fully saturated rings. The van der Waals surface area contributed by atoms with Crippen LogP contribution in [0.15, 0.2) is 24.3 Å². The minimum absolute atomic E-state index is 0.219. The molecule has 7 nitrogen and oxygen atoms in total. The van der Waals surface area contributed by atoms with Crippen LogP contribution in [0.4, 0.5) is 5.69 Å². The number of aliphatic carboxylic acids is 1. The monoisotopic (exact) mass is 279 g/mol. The average molecular weight is 279 g/mol. The molecule has 0 unspecified atom stereocenters. The number of benzene rings is 1. The van der Waals surface area contributed by atoms with Crippen molar-refractivity contribution in [1.29, 1.82) is 0 Å². The molecule has 2 amide bonds. The van der Waals surface area contributed by atoms with Gasteiger partial charge in [0.1, 0.15) is 0 Å². The normalized spacial score (nSPS) is 10.3. The van der Waals surface area contributed by atoms with Crippen molar-refractivity contribution < 1.29 is 19.5 Å². The van der Waals surface area contributed by atoms with E-state index < -0.39 is 24.3 Å². The van der Waals surface area contributed by atoms with Crippen molar-refractivity contribution in [2.75, 3.05) is 25.0 Å². The van der Waals surface area contributed by atoms with Gasteiger partial charge in [-0.05, 0) is 24.6 Å². The van der Waals surface area contributed by atoms with Crippen molar-refractivity contribution in [3.8, 4) is 0 Å². The van der Waals surface area contributed by atoms with Crippen molar-refractivity contribution in [2.45, 2.75) is 6.92 Å². The Morgan fingerprint density at radius 1 is 1.25 bits per heavy atom. The maximum atomic E-state index is 11.8. The Balaban J connectivity index is 2.61. The standard InChI is InChI=1S/C13H17N3O4/c1-9-3-2-4-10(5-9)15-12(18)7-16(6-11(14)17)8-13(19)20/h2-5H,6-8H2,1H3,(H2,14,17)(H,15,18)(H,19,20). The van der Waals surface area contributed by atoms with Crippen molar-refractivity contribution in [2.24, 2.45) is 5.73 Å². The van der Waals surface area contributed by atoms with Gasteiger partial charge in [0.25, 0.3) is 0 Å².